The molecule has 1 aromatic carbocycles. The first-order valence-corrected chi connectivity index (χ1v) is 5.82. The van der Waals surface area contributed by atoms with Crippen LogP contribution in [0.1, 0.15) is 5.56 Å². The molecule has 2 rings (SSSR count). The molecule has 1 saturated heterocycles. The van der Waals surface area contributed by atoms with Gasteiger partial charge < -0.3 is 9.80 Å². The van der Waals surface area contributed by atoms with Crippen LogP contribution in [0.3, 0.4) is 0 Å². The van der Waals surface area contributed by atoms with Gasteiger partial charge in [0.05, 0.1) is 4.47 Å². The van der Waals surface area contributed by atoms with E-state index in [-0.39, 0.29) is 11.8 Å². The molecular weight excluding hydrogens is 275 g/mol. The maximum atomic E-state index is 13.3. The van der Waals surface area contributed by atoms with E-state index in [1.807, 2.05) is 6.07 Å². The van der Waals surface area contributed by atoms with Crippen LogP contribution in [0.15, 0.2) is 22.7 Å². The van der Waals surface area contributed by atoms with Crippen molar-refractivity contribution in [3.05, 3.63) is 34.1 Å². The molecule has 0 saturated carbocycles. The zero-order valence-electron chi connectivity index (χ0n) is 8.91. The largest absolute Gasteiger partial charge is 0.326 e. The second kappa shape index (κ2) is 4.41. The molecular formula is C11H12BrFN2O. The molecule has 0 aromatic heterocycles. The van der Waals surface area contributed by atoms with Crippen LogP contribution in [-0.4, -0.2) is 36.0 Å². The highest BCUT2D eigenvalue weighted by Crippen LogP contribution is 2.23. The summed E-state index contributed by atoms with van der Waals surface area (Å²) in [5.41, 5.74) is 0.795. The molecule has 1 aliphatic rings. The van der Waals surface area contributed by atoms with Gasteiger partial charge in [0.1, 0.15) is 5.82 Å². The van der Waals surface area contributed by atoms with E-state index in [2.05, 4.69) is 15.9 Å². The van der Waals surface area contributed by atoms with Crippen molar-refractivity contribution in [3.63, 3.8) is 0 Å². The first kappa shape index (κ1) is 11.4. The van der Waals surface area contributed by atoms with E-state index < -0.39 is 0 Å². The summed E-state index contributed by atoms with van der Waals surface area (Å²) in [6.07, 6.45) is 0. The summed E-state index contributed by atoms with van der Waals surface area (Å²) in [5.74, 6) is -0.294. The van der Waals surface area contributed by atoms with Gasteiger partial charge in [-0.2, -0.15) is 0 Å². The van der Waals surface area contributed by atoms with E-state index in [1.165, 1.54) is 6.07 Å². The third kappa shape index (κ3) is 2.04. The molecule has 0 N–H and O–H groups in total. The fourth-order valence-electron chi connectivity index (χ4n) is 1.73. The normalized spacial score (nSPS) is 16.1. The Hall–Kier alpha value is -1.10. The van der Waals surface area contributed by atoms with E-state index in [4.69, 9.17) is 0 Å². The maximum Gasteiger partial charge on any atom is 0.320 e. The summed E-state index contributed by atoms with van der Waals surface area (Å²) in [7, 11) is 1.77. The highest BCUT2D eigenvalue weighted by Gasteiger charge is 2.25. The monoisotopic (exact) mass is 286 g/mol. The first-order chi connectivity index (χ1) is 7.59. The molecule has 0 aliphatic carbocycles. The molecule has 0 unspecified atom stereocenters. The molecule has 1 heterocycles. The average Bonchev–Trinajstić information content (AvgIpc) is 2.57. The van der Waals surface area contributed by atoms with Crippen molar-refractivity contribution in [1.82, 2.24) is 9.80 Å². The number of halogens is 2. The first-order valence-electron chi connectivity index (χ1n) is 5.02. The number of rotatable bonds is 2. The topological polar surface area (TPSA) is 23.6 Å². The number of benzene rings is 1. The Morgan fingerprint density at radius 1 is 1.44 bits per heavy atom. The number of likely N-dealkylation sites (N-methyl/N-ethyl adjacent to an activating group) is 1. The van der Waals surface area contributed by atoms with Crippen LogP contribution < -0.4 is 0 Å². The van der Waals surface area contributed by atoms with Gasteiger partial charge in [0, 0.05) is 26.7 Å². The lowest BCUT2D eigenvalue weighted by Gasteiger charge is -2.16. The quantitative estimate of drug-likeness (QED) is 0.819. The van der Waals surface area contributed by atoms with Crippen molar-refractivity contribution in [1.29, 1.82) is 0 Å². The van der Waals surface area contributed by atoms with E-state index >= 15 is 0 Å². The number of carbonyl (C=O) groups excluding carboxylic acids is 1. The van der Waals surface area contributed by atoms with Crippen molar-refractivity contribution >= 4 is 22.0 Å². The average molecular weight is 287 g/mol. The molecule has 1 aromatic rings. The molecule has 2 amide bonds. The van der Waals surface area contributed by atoms with Crippen molar-refractivity contribution in [2.75, 3.05) is 20.1 Å². The van der Waals surface area contributed by atoms with Crippen LogP contribution >= 0.6 is 15.9 Å². The standard InChI is InChI=1S/C11H12BrFN2O/c1-14-5-6-15(11(14)16)7-8-3-2-4-9(13)10(8)12/h2-4H,5-7H2,1H3. The van der Waals surface area contributed by atoms with Crippen LogP contribution in [0.4, 0.5) is 9.18 Å². The Balaban J connectivity index is 2.16. The zero-order valence-corrected chi connectivity index (χ0v) is 10.5. The van der Waals surface area contributed by atoms with Crippen LogP contribution in [0.5, 0.6) is 0 Å². The Kier molecular flexibility index (Phi) is 3.14. The molecule has 0 atom stereocenters. The zero-order chi connectivity index (χ0) is 11.7. The van der Waals surface area contributed by atoms with Crippen molar-refractivity contribution in [2.24, 2.45) is 0 Å². The molecule has 0 radical (unpaired) electrons. The van der Waals surface area contributed by atoms with Crippen molar-refractivity contribution < 1.29 is 9.18 Å². The number of hydrogen-bond donors (Lipinski definition) is 0. The summed E-state index contributed by atoms with van der Waals surface area (Å²) >= 11 is 3.20. The van der Waals surface area contributed by atoms with Gasteiger partial charge in [-0.25, -0.2) is 9.18 Å². The number of hydrogen-bond acceptors (Lipinski definition) is 1. The number of carbonyl (C=O) groups is 1. The highest BCUT2D eigenvalue weighted by atomic mass is 79.9. The molecule has 1 fully saturated rings. The van der Waals surface area contributed by atoms with E-state index in [1.54, 1.807) is 22.9 Å². The molecule has 0 bridgehead atoms. The summed E-state index contributed by atoms with van der Waals surface area (Å²) < 4.78 is 13.7. The highest BCUT2D eigenvalue weighted by molar-refractivity contribution is 9.10. The lowest BCUT2D eigenvalue weighted by atomic mass is 10.2. The predicted molar refractivity (Wildman–Crippen MR) is 62.5 cm³/mol. The Labute approximate surface area is 102 Å². The van der Waals surface area contributed by atoms with Gasteiger partial charge in [-0.3, -0.25) is 0 Å². The van der Waals surface area contributed by atoms with Gasteiger partial charge in [0.2, 0.25) is 0 Å². The number of amides is 2. The fourth-order valence-corrected chi connectivity index (χ4v) is 2.12. The van der Waals surface area contributed by atoms with Gasteiger partial charge in [-0.05, 0) is 27.6 Å². The lowest BCUT2D eigenvalue weighted by Crippen LogP contribution is -2.29. The van der Waals surface area contributed by atoms with Crippen molar-refractivity contribution in [3.8, 4) is 0 Å². The predicted octanol–water partition coefficient (Wildman–Crippen LogP) is 2.46. The van der Waals surface area contributed by atoms with Gasteiger partial charge in [-0.1, -0.05) is 12.1 Å². The van der Waals surface area contributed by atoms with Crippen LogP contribution in [0, 0.1) is 5.82 Å². The Morgan fingerprint density at radius 2 is 2.19 bits per heavy atom. The number of urea groups is 1. The van der Waals surface area contributed by atoms with Gasteiger partial charge in [0.15, 0.2) is 0 Å². The van der Waals surface area contributed by atoms with E-state index in [9.17, 15) is 9.18 Å². The minimum absolute atomic E-state index is 0.00355. The summed E-state index contributed by atoms with van der Waals surface area (Å²) in [5, 5.41) is 0. The molecule has 1 aliphatic heterocycles. The SMILES string of the molecule is CN1CCN(Cc2cccc(F)c2Br)C1=O. The molecule has 16 heavy (non-hydrogen) atoms. The summed E-state index contributed by atoms with van der Waals surface area (Å²) in [6, 6.07) is 4.86. The molecule has 0 spiro atoms. The number of nitrogens with zero attached hydrogens (tertiary/aromatic N) is 2. The van der Waals surface area contributed by atoms with Gasteiger partial charge >= 0.3 is 6.03 Å². The smallest absolute Gasteiger partial charge is 0.320 e. The molecule has 3 nitrogen and oxygen atoms in total. The molecule has 86 valence electrons. The molecule has 5 heteroatoms. The second-order valence-corrected chi connectivity index (χ2v) is 4.63. The lowest BCUT2D eigenvalue weighted by molar-refractivity contribution is 0.197. The van der Waals surface area contributed by atoms with Gasteiger partial charge in [-0.15, -0.1) is 0 Å². The van der Waals surface area contributed by atoms with Gasteiger partial charge in [0.25, 0.3) is 0 Å². The van der Waals surface area contributed by atoms with Crippen LogP contribution in [0.25, 0.3) is 0 Å². The minimum atomic E-state index is -0.294. The summed E-state index contributed by atoms with van der Waals surface area (Å²) in [4.78, 5) is 15.0. The fraction of sp³-hybridized carbons (Fsp3) is 0.364. The minimum Gasteiger partial charge on any atom is -0.326 e. The van der Waals surface area contributed by atoms with E-state index in [0.29, 0.717) is 17.6 Å². The van der Waals surface area contributed by atoms with Crippen LogP contribution in [0.2, 0.25) is 0 Å². The van der Waals surface area contributed by atoms with E-state index in [0.717, 1.165) is 12.1 Å². The summed E-state index contributed by atoms with van der Waals surface area (Å²) in [6.45, 7) is 1.87. The maximum absolute atomic E-state index is 13.3. The Bertz CT molecular complexity index is 424. The second-order valence-electron chi connectivity index (χ2n) is 3.84. The Morgan fingerprint density at radius 3 is 2.81 bits per heavy atom. The van der Waals surface area contributed by atoms with Crippen molar-refractivity contribution in [2.45, 2.75) is 6.54 Å². The third-order valence-electron chi connectivity index (χ3n) is 2.70. The van der Waals surface area contributed by atoms with Crippen LogP contribution in [-0.2, 0) is 6.54 Å². The third-order valence-corrected chi connectivity index (χ3v) is 3.58.